The van der Waals surface area contributed by atoms with Gasteiger partial charge in [-0.25, -0.2) is 15.0 Å². The maximum absolute atomic E-state index is 12.6. The van der Waals surface area contributed by atoms with E-state index in [2.05, 4.69) is 21.8 Å². The van der Waals surface area contributed by atoms with Crippen LogP contribution < -0.4 is 4.90 Å². The molecule has 0 saturated carbocycles. The van der Waals surface area contributed by atoms with Crippen molar-refractivity contribution in [2.45, 2.75) is 32.7 Å². The second kappa shape index (κ2) is 5.51. The van der Waals surface area contributed by atoms with Crippen LogP contribution in [-0.4, -0.2) is 52.4 Å². The third kappa shape index (κ3) is 2.49. The van der Waals surface area contributed by atoms with Gasteiger partial charge in [0.2, 0.25) is 0 Å². The van der Waals surface area contributed by atoms with Crippen LogP contribution in [0.3, 0.4) is 0 Å². The van der Waals surface area contributed by atoms with E-state index in [9.17, 15) is 4.79 Å². The first-order valence-corrected chi connectivity index (χ1v) is 7.60. The van der Waals surface area contributed by atoms with E-state index in [-0.39, 0.29) is 5.91 Å². The fraction of sp³-hybridized carbons (Fsp3) is 0.500. The third-order valence-corrected chi connectivity index (χ3v) is 4.13. The number of hydrogen-bond acceptors (Lipinski definition) is 5. The molecule has 2 aromatic rings. The van der Waals surface area contributed by atoms with Crippen molar-refractivity contribution >= 4 is 22.8 Å². The summed E-state index contributed by atoms with van der Waals surface area (Å²) in [6.45, 7) is 4.95. The molecule has 22 heavy (non-hydrogen) atoms. The zero-order chi connectivity index (χ0) is 15.9. The van der Waals surface area contributed by atoms with E-state index in [0.717, 1.165) is 30.6 Å². The minimum Gasteiger partial charge on any atom is -0.353 e. The van der Waals surface area contributed by atoms with Gasteiger partial charge < -0.3 is 9.80 Å². The average Bonchev–Trinajstić information content (AvgIpc) is 2.91. The number of fused-ring (bicyclic) bond motifs is 1. The first kappa shape index (κ1) is 14.7. The van der Waals surface area contributed by atoms with Gasteiger partial charge in [-0.05, 0) is 32.8 Å². The molecule has 1 aliphatic heterocycles. The molecule has 116 valence electrons. The molecule has 0 radical (unpaired) electrons. The lowest BCUT2D eigenvalue weighted by molar-refractivity contribution is 0.0828. The Bertz CT molecular complexity index is 728. The Kier molecular flexibility index (Phi) is 3.68. The lowest BCUT2D eigenvalue weighted by atomic mass is 10.1. The molecular formula is C16H21N5O. The van der Waals surface area contributed by atoms with Crippen molar-refractivity contribution in [2.24, 2.45) is 0 Å². The quantitative estimate of drug-likeness (QED) is 0.849. The second-order valence-corrected chi connectivity index (χ2v) is 6.07. The van der Waals surface area contributed by atoms with E-state index in [1.54, 1.807) is 25.2 Å². The summed E-state index contributed by atoms with van der Waals surface area (Å²) in [5, 5.41) is 0.798. The largest absolute Gasteiger partial charge is 0.353 e. The number of anilines is 1. The lowest BCUT2D eigenvalue weighted by Crippen LogP contribution is -2.31. The van der Waals surface area contributed by atoms with Crippen molar-refractivity contribution in [2.75, 3.05) is 25.5 Å². The normalized spacial score (nSPS) is 18.0. The van der Waals surface area contributed by atoms with Crippen molar-refractivity contribution in [1.29, 1.82) is 0 Å². The highest BCUT2D eigenvalue weighted by molar-refractivity contribution is 6.01. The van der Waals surface area contributed by atoms with Gasteiger partial charge in [0.15, 0.2) is 5.65 Å². The van der Waals surface area contributed by atoms with Gasteiger partial charge in [0.1, 0.15) is 11.6 Å². The fourth-order valence-electron chi connectivity index (χ4n) is 2.90. The number of nitrogens with zero attached hydrogens (tertiary/aromatic N) is 5. The average molecular weight is 299 g/mol. The van der Waals surface area contributed by atoms with Crippen LogP contribution in [0.25, 0.3) is 11.0 Å². The van der Waals surface area contributed by atoms with Crippen molar-refractivity contribution in [3.05, 3.63) is 23.7 Å². The van der Waals surface area contributed by atoms with E-state index in [0.29, 0.717) is 23.1 Å². The second-order valence-electron chi connectivity index (χ2n) is 6.07. The Hall–Kier alpha value is -2.24. The van der Waals surface area contributed by atoms with E-state index >= 15 is 0 Å². The smallest absolute Gasteiger partial charge is 0.257 e. The Morgan fingerprint density at radius 3 is 2.77 bits per heavy atom. The first-order valence-electron chi connectivity index (χ1n) is 7.60. The number of hydrogen-bond donors (Lipinski definition) is 0. The van der Waals surface area contributed by atoms with Gasteiger partial charge in [-0.3, -0.25) is 4.79 Å². The van der Waals surface area contributed by atoms with Crippen LogP contribution >= 0.6 is 0 Å². The molecule has 1 unspecified atom stereocenters. The first-order chi connectivity index (χ1) is 10.5. The van der Waals surface area contributed by atoms with Crippen molar-refractivity contribution < 1.29 is 4.79 Å². The van der Waals surface area contributed by atoms with Gasteiger partial charge in [-0.15, -0.1) is 0 Å². The lowest BCUT2D eigenvalue weighted by Gasteiger charge is -2.26. The predicted molar refractivity (Wildman–Crippen MR) is 86.1 cm³/mol. The maximum Gasteiger partial charge on any atom is 0.257 e. The van der Waals surface area contributed by atoms with Crippen molar-refractivity contribution in [3.8, 4) is 0 Å². The SMILES string of the molecule is Cc1ncc2cc(C(=O)N(C)C)c(N3CCCC3C)nc2n1. The standard InChI is InChI=1S/C16H21N5O/c1-10-6-5-7-21(10)15-13(16(22)20(3)4)8-12-9-17-11(2)18-14(12)19-15/h8-10H,5-7H2,1-4H3. The van der Waals surface area contributed by atoms with Gasteiger partial charge in [-0.2, -0.15) is 0 Å². The molecule has 0 bridgehead atoms. The summed E-state index contributed by atoms with van der Waals surface area (Å²) in [6, 6.07) is 2.26. The van der Waals surface area contributed by atoms with Gasteiger partial charge >= 0.3 is 0 Å². The van der Waals surface area contributed by atoms with Crippen LogP contribution in [0.5, 0.6) is 0 Å². The molecule has 0 aliphatic carbocycles. The summed E-state index contributed by atoms with van der Waals surface area (Å²) in [4.78, 5) is 29.7. The minimum absolute atomic E-state index is 0.0379. The van der Waals surface area contributed by atoms with Crippen LogP contribution in [0.2, 0.25) is 0 Å². The molecule has 6 heteroatoms. The number of aryl methyl sites for hydroxylation is 1. The number of carbonyl (C=O) groups is 1. The Morgan fingerprint density at radius 2 is 2.14 bits per heavy atom. The van der Waals surface area contributed by atoms with E-state index in [4.69, 9.17) is 4.98 Å². The minimum atomic E-state index is -0.0379. The van der Waals surface area contributed by atoms with Crippen LogP contribution in [0.1, 0.15) is 35.9 Å². The Morgan fingerprint density at radius 1 is 1.36 bits per heavy atom. The van der Waals surface area contributed by atoms with Crippen molar-refractivity contribution in [3.63, 3.8) is 0 Å². The molecule has 0 N–H and O–H groups in total. The Labute approximate surface area is 130 Å². The molecule has 1 saturated heterocycles. The number of carbonyl (C=O) groups excluding carboxylic acids is 1. The van der Waals surface area contributed by atoms with Crippen LogP contribution in [0, 0.1) is 6.92 Å². The molecule has 3 heterocycles. The van der Waals surface area contributed by atoms with Gasteiger partial charge in [-0.1, -0.05) is 0 Å². The molecule has 1 atom stereocenters. The van der Waals surface area contributed by atoms with Gasteiger partial charge in [0.05, 0.1) is 5.56 Å². The maximum atomic E-state index is 12.6. The Balaban J connectivity index is 2.21. The zero-order valence-corrected chi connectivity index (χ0v) is 13.5. The molecule has 0 spiro atoms. The van der Waals surface area contributed by atoms with E-state index in [1.807, 2.05) is 13.0 Å². The van der Waals surface area contributed by atoms with Crippen LogP contribution in [0.4, 0.5) is 5.82 Å². The molecular weight excluding hydrogens is 278 g/mol. The molecule has 1 amide bonds. The number of amides is 1. The van der Waals surface area contributed by atoms with Crippen LogP contribution in [-0.2, 0) is 0 Å². The summed E-state index contributed by atoms with van der Waals surface area (Å²) in [5.41, 5.74) is 1.27. The number of rotatable bonds is 2. The van der Waals surface area contributed by atoms with E-state index in [1.165, 1.54) is 0 Å². The predicted octanol–water partition coefficient (Wildman–Crippen LogP) is 2.02. The molecule has 1 aliphatic rings. The molecule has 3 rings (SSSR count). The van der Waals surface area contributed by atoms with Gasteiger partial charge in [0, 0.05) is 38.3 Å². The highest BCUT2D eigenvalue weighted by atomic mass is 16.2. The summed E-state index contributed by atoms with van der Waals surface area (Å²) in [7, 11) is 3.52. The summed E-state index contributed by atoms with van der Waals surface area (Å²) >= 11 is 0. The molecule has 2 aromatic heterocycles. The molecule has 0 aromatic carbocycles. The van der Waals surface area contributed by atoms with Crippen molar-refractivity contribution in [1.82, 2.24) is 19.9 Å². The van der Waals surface area contributed by atoms with E-state index < -0.39 is 0 Å². The highest BCUT2D eigenvalue weighted by Gasteiger charge is 2.27. The van der Waals surface area contributed by atoms with Crippen LogP contribution in [0.15, 0.2) is 12.3 Å². The van der Waals surface area contributed by atoms with Gasteiger partial charge in [0.25, 0.3) is 5.91 Å². The highest BCUT2D eigenvalue weighted by Crippen LogP contribution is 2.29. The fourth-order valence-corrected chi connectivity index (χ4v) is 2.90. The number of aromatic nitrogens is 3. The monoisotopic (exact) mass is 299 g/mol. The topological polar surface area (TPSA) is 62.2 Å². The molecule has 1 fully saturated rings. The zero-order valence-electron chi connectivity index (χ0n) is 13.5. The third-order valence-electron chi connectivity index (χ3n) is 4.13. The number of pyridine rings is 1. The summed E-state index contributed by atoms with van der Waals surface area (Å²) < 4.78 is 0. The summed E-state index contributed by atoms with van der Waals surface area (Å²) in [5.74, 6) is 1.39. The molecule has 6 nitrogen and oxygen atoms in total. The summed E-state index contributed by atoms with van der Waals surface area (Å²) in [6.07, 6.45) is 3.98.